The number of aryl methyl sites for hydroxylation is 1. The number of sulfonamides is 1. The second-order valence-corrected chi connectivity index (χ2v) is 7.46. The Morgan fingerprint density at radius 3 is 2.56 bits per heavy atom. The monoisotopic (exact) mass is 261 g/mol. The first kappa shape index (κ1) is 12.0. The lowest BCUT2D eigenvalue weighted by atomic mass is 9.78. The summed E-state index contributed by atoms with van der Waals surface area (Å²) in [5.74, 6) is 0. The third-order valence-corrected chi connectivity index (χ3v) is 6.02. The zero-order chi connectivity index (χ0) is 11.8. The predicted molar refractivity (Wildman–Crippen MR) is 63.0 cm³/mol. The van der Waals surface area contributed by atoms with E-state index in [4.69, 9.17) is 0 Å². The summed E-state index contributed by atoms with van der Waals surface area (Å²) >= 11 is 1.25. The highest BCUT2D eigenvalue weighted by Gasteiger charge is 2.40. The molecule has 0 radical (unpaired) electrons. The minimum atomic E-state index is -3.46. The molecule has 2 rings (SSSR count). The highest BCUT2D eigenvalue weighted by atomic mass is 32.2. The van der Waals surface area contributed by atoms with Crippen LogP contribution in [0.4, 0.5) is 0 Å². The fourth-order valence-corrected chi connectivity index (χ4v) is 4.52. The van der Waals surface area contributed by atoms with Gasteiger partial charge in [-0.1, -0.05) is 0 Å². The quantitative estimate of drug-likeness (QED) is 0.857. The maximum absolute atomic E-state index is 12.0. The Hall–Kier alpha value is -0.430. The lowest BCUT2D eigenvalue weighted by molar-refractivity contribution is 0.111. The maximum Gasteiger partial charge on any atom is 0.250 e. The second-order valence-electron chi connectivity index (χ2n) is 4.26. The molecule has 0 amide bonds. The summed E-state index contributed by atoms with van der Waals surface area (Å²) in [6, 6.07) is 3.39. The Morgan fingerprint density at radius 2 is 2.19 bits per heavy atom. The topological polar surface area (TPSA) is 66.4 Å². The minimum Gasteiger partial charge on any atom is -0.394 e. The molecular weight excluding hydrogens is 246 g/mol. The highest BCUT2D eigenvalue weighted by Crippen LogP contribution is 2.33. The third-order valence-electron chi connectivity index (χ3n) is 2.94. The van der Waals surface area contributed by atoms with Crippen molar-refractivity contribution in [3.05, 3.63) is 17.0 Å². The smallest absolute Gasteiger partial charge is 0.250 e. The molecule has 0 bridgehead atoms. The Bertz CT molecular complexity index is 468. The Balaban J connectivity index is 2.20. The van der Waals surface area contributed by atoms with Crippen molar-refractivity contribution in [3.8, 4) is 0 Å². The largest absolute Gasteiger partial charge is 0.394 e. The first-order chi connectivity index (χ1) is 7.47. The lowest BCUT2D eigenvalue weighted by Gasteiger charge is -2.40. The zero-order valence-corrected chi connectivity index (χ0v) is 10.7. The summed E-state index contributed by atoms with van der Waals surface area (Å²) in [4.78, 5) is 0.965. The van der Waals surface area contributed by atoms with E-state index in [1.807, 2.05) is 6.92 Å². The summed E-state index contributed by atoms with van der Waals surface area (Å²) in [5, 5.41) is 9.23. The molecule has 0 spiro atoms. The van der Waals surface area contributed by atoms with Crippen LogP contribution in [0.1, 0.15) is 24.1 Å². The number of thiophene rings is 1. The molecule has 2 N–H and O–H groups in total. The number of hydrogen-bond donors (Lipinski definition) is 2. The van der Waals surface area contributed by atoms with Crippen LogP contribution in [-0.2, 0) is 10.0 Å². The average Bonchev–Trinajstić information content (AvgIpc) is 2.59. The standard InChI is InChI=1S/C10H15NO3S2/c1-8-3-4-9(15-8)16(13,14)11-10(7-12)5-2-6-10/h3-4,11-12H,2,5-7H2,1H3. The van der Waals surface area contributed by atoms with Gasteiger partial charge in [-0.15, -0.1) is 11.3 Å². The van der Waals surface area contributed by atoms with Crippen LogP contribution in [0.25, 0.3) is 0 Å². The highest BCUT2D eigenvalue weighted by molar-refractivity contribution is 7.91. The fraction of sp³-hybridized carbons (Fsp3) is 0.600. The lowest BCUT2D eigenvalue weighted by Crippen LogP contribution is -2.55. The zero-order valence-electron chi connectivity index (χ0n) is 9.06. The van der Waals surface area contributed by atoms with Crippen LogP contribution in [0.5, 0.6) is 0 Å². The molecule has 1 aliphatic carbocycles. The number of nitrogens with one attached hydrogen (secondary N) is 1. The molecule has 0 atom stereocenters. The van der Waals surface area contributed by atoms with Gasteiger partial charge in [0.05, 0.1) is 12.1 Å². The van der Waals surface area contributed by atoms with Gasteiger partial charge in [0.2, 0.25) is 0 Å². The van der Waals surface area contributed by atoms with Gasteiger partial charge < -0.3 is 5.11 Å². The predicted octanol–water partition coefficient (Wildman–Crippen LogP) is 1.25. The molecule has 6 heteroatoms. The Morgan fingerprint density at radius 1 is 1.50 bits per heavy atom. The van der Waals surface area contributed by atoms with Crippen LogP contribution >= 0.6 is 11.3 Å². The summed E-state index contributed by atoms with van der Waals surface area (Å²) < 4.78 is 26.9. The van der Waals surface area contributed by atoms with Crippen LogP contribution in [0.2, 0.25) is 0 Å². The molecule has 1 aliphatic rings. The number of aliphatic hydroxyl groups excluding tert-OH is 1. The van der Waals surface area contributed by atoms with Crippen LogP contribution < -0.4 is 4.72 Å². The Labute approximate surface area is 99.4 Å². The summed E-state index contributed by atoms with van der Waals surface area (Å²) in [6.07, 6.45) is 2.40. The van der Waals surface area contributed by atoms with Crippen molar-refractivity contribution in [2.24, 2.45) is 0 Å². The van der Waals surface area contributed by atoms with E-state index in [-0.39, 0.29) is 6.61 Å². The molecule has 4 nitrogen and oxygen atoms in total. The van der Waals surface area contributed by atoms with Gasteiger partial charge >= 0.3 is 0 Å². The maximum atomic E-state index is 12.0. The molecule has 16 heavy (non-hydrogen) atoms. The van der Waals surface area contributed by atoms with Crippen LogP contribution in [-0.4, -0.2) is 25.7 Å². The van der Waals surface area contributed by atoms with Gasteiger partial charge in [-0.3, -0.25) is 0 Å². The van der Waals surface area contributed by atoms with Gasteiger partial charge in [-0.25, -0.2) is 13.1 Å². The van der Waals surface area contributed by atoms with E-state index >= 15 is 0 Å². The van der Waals surface area contributed by atoms with Crippen LogP contribution in [0, 0.1) is 6.92 Å². The van der Waals surface area contributed by atoms with Crippen molar-refractivity contribution in [3.63, 3.8) is 0 Å². The van der Waals surface area contributed by atoms with E-state index in [1.165, 1.54) is 11.3 Å². The summed E-state index contributed by atoms with van der Waals surface area (Å²) in [7, 11) is -3.46. The fourth-order valence-electron chi connectivity index (χ4n) is 1.79. The van der Waals surface area contributed by atoms with Gasteiger partial charge in [0.15, 0.2) is 0 Å². The minimum absolute atomic E-state index is 0.128. The normalized spacial score (nSPS) is 19.4. The first-order valence-corrected chi connectivity index (χ1v) is 7.49. The molecule has 0 unspecified atom stereocenters. The molecule has 1 aromatic heterocycles. The van der Waals surface area contributed by atoms with Gasteiger partial charge in [-0.2, -0.15) is 0 Å². The molecule has 1 aromatic rings. The molecule has 0 saturated heterocycles. The van der Waals surface area contributed by atoms with E-state index in [0.717, 1.165) is 11.3 Å². The second kappa shape index (κ2) is 4.10. The first-order valence-electron chi connectivity index (χ1n) is 5.19. The SMILES string of the molecule is Cc1ccc(S(=O)(=O)NC2(CO)CCC2)s1. The van der Waals surface area contributed by atoms with E-state index in [1.54, 1.807) is 12.1 Å². The van der Waals surface area contributed by atoms with Crippen molar-refractivity contribution >= 4 is 21.4 Å². The molecular formula is C10H15NO3S2. The molecule has 1 fully saturated rings. The van der Waals surface area contributed by atoms with E-state index in [0.29, 0.717) is 17.1 Å². The third kappa shape index (κ3) is 2.15. The van der Waals surface area contributed by atoms with Crippen molar-refractivity contribution in [2.75, 3.05) is 6.61 Å². The number of hydrogen-bond acceptors (Lipinski definition) is 4. The van der Waals surface area contributed by atoms with Crippen molar-refractivity contribution in [1.82, 2.24) is 4.72 Å². The average molecular weight is 261 g/mol. The van der Waals surface area contributed by atoms with Gasteiger partial charge in [-0.05, 0) is 38.3 Å². The molecule has 90 valence electrons. The number of aliphatic hydroxyl groups is 1. The van der Waals surface area contributed by atoms with Crippen LogP contribution in [0.3, 0.4) is 0 Å². The van der Waals surface area contributed by atoms with Gasteiger partial charge in [0.1, 0.15) is 4.21 Å². The van der Waals surface area contributed by atoms with Gasteiger partial charge in [0.25, 0.3) is 10.0 Å². The molecule has 1 heterocycles. The van der Waals surface area contributed by atoms with E-state index < -0.39 is 15.6 Å². The van der Waals surface area contributed by atoms with Crippen molar-refractivity contribution in [2.45, 2.75) is 35.9 Å². The molecule has 1 saturated carbocycles. The van der Waals surface area contributed by atoms with Crippen LogP contribution in [0.15, 0.2) is 16.3 Å². The van der Waals surface area contributed by atoms with E-state index in [2.05, 4.69) is 4.72 Å². The number of rotatable bonds is 4. The van der Waals surface area contributed by atoms with Crippen molar-refractivity contribution in [1.29, 1.82) is 0 Å². The van der Waals surface area contributed by atoms with Gasteiger partial charge in [0, 0.05) is 4.88 Å². The molecule has 0 aromatic carbocycles. The summed E-state index contributed by atoms with van der Waals surface area (Å²) in [6.45, 7) is 1.74. The van der Waals surface area contributed by atoms with E-state index in [9.17, 15) is 13.5 Å². The summed E-state index contributed by atoms with van der Waals surface area (Å²) in [5.41, 5.74) is -0.614. The Kier molecular flexibility index (Phi) is 3.09. The molecule has 0 aliphatic heterocycles. The van der Waals surface area contributed by atoms with Crippen molar-refractivity contribution < 1.29 is 13.5 Å².